The summed E-state index contributed by atoms with van der Waals surface area (Å²) in [5.41, 5.74) is 27.9. The molecule has 13 aromatic carbocycles. The fourth-order valence-corrected chi connectivity index (χ4v) is 12.5. The SMILES string of the molecule is [C-]#Cc1ccc(C(C)(C)C)cc1.[CH-]=C.[CH-]=CC(C)(C)C.[CH-]=Cc1cc(C(C)(C)C)cc(C(C)(C)C)c1.[CH-]=Cc1ccccc1.[Ni+3].[Ni+3].[Ni+3].[Ni+3].[Ni+3].[c-]1ccccc1-c1[c-]c(-c2ccccn2)ccc1.[c-]1ccccc1-c1[c-]c(-c2ccccn2)ccc1.[c-]1ccccc1-c1[c-]c(-c2ccccn2)ccc1.[c-]1ccccc1-c1[c-]c(-c2ccccn2)ccc1.[c-]1ccccc1-c1[c-]c(-c2ccccn2)ccc1. The van der Waals surface area contributed by atoms with Gasteiger partial charge in [-0.3, -0.25) is 56.7 Å². The van der Waals surface area contributed by atoms with Crippen LogP contribution < -0.4 is 0 Å². The van der Waals surface area contributed by atoms with Gasteiger partial charge in [0.05, 0.1) is 0 Å². The maximum absolute atomic E-state index is 6.92. The van der Waals surface area contributed by atoms with Gasteiger partial charge in [-0.25, -0.2) is 40.0 Å². The van der Waals surface area contributed by atoms with Gasteiger partial charge in [0.15, 0.2) is 0 Å². The minimum absolute atomic E-state index is 0. The van der Waals surface area contributed by atoms with Gasteiger partial charge < -0.3 is 19.6 Å². The Morgan fingerprint density at radius 2 is 0.460 bits per heavy atom. The van der Waals surface area contributed by atoms with E-state index in [2.05, 4.69) is 218 Å². The third-order valence-corrected chi connectivity index (χ3v) is 19.9. The molecule has 0 aliphatic heterocycles. The molecule has 0 N–H and O–H groups in total. The van der Waals surface area contributed by atoms with Crippen LogP contribution in [0.2, 0.25) is 0 Å². The summed E-state index contributed by atoms with van der Waals surface area (Å²) >= 11 is 0. The summed E-state index contributed by atoms with van der Waals surface area (Å²) in [5, 5.41) is 0. The molecule has 0 saturated heterocycles. The Morgan fingerprint density at radius 3 is 0.640 bits per heavy atom. The molecule has 18 aromatic rings. The Hall–Kier alpha value is -13.4. The van der Waals surface area contributed by atoms with Crippen LogP contribution in [-0.4, -0.2) is 24.9 Å². The van der Waals surface area contributed by atoms with E-state index in [1.807, 2.05) is 346 Å². The number of hydrogen-bond donors (Lipinski definition) is 0. The Labute approximate surface area is 881 Å². The van der Waals surface area contributed by atoms with Crippen LogP contribution in [-0.2, 0) is 98.7 Å². The van der Waals surface area contributed by atoms with E-state index >= 15 is 0 Å². The van der Waals surface area contributed by atoms with E-state index in [-0.39, 0.29) is 104 Å². The molecule has 5 radical (unpaired) electrons. The van der Waals surface area contributed by atoms with Crippen LogP contribution in [0.5, 0.6) is 0 Å². The number of benzene rings is 13. The molecule has 0 atom stereocenters. The Balaban J connectivity index is 0.000000329. The van der Waals surface area contributed by atoms with Crippen LogP contribution in [0, 0.1) is 105 Å². The van der Waals surface area contributed by atoms with E-state index in [0.29, 0.717) is 0 Å². The third kappa shape index (κ3) is 41.0. The molecule has 0 aliphatic carbocycles. The van der Waals surface area contributed by atoms with Gasteiger partial charge in [0, 0.05) is 59.5 Å². The number of allylic oxidation sites excluding steroid dienone is 1. The van der Waals surface area contributed by atoms with Gasteiger partial charge in [-0.2, -0.15) is 221 Å². The van der Waals surface area contributed by atoms with Crippen molar-refractivity contribution in [3.63, 3.8) is 0 Å². The van der Waals surface area contributed by atoms with Crippen molar-refractivity contribution in [2.75, 3.05) is 0 Å². The summed E-state index contributed by atoms with van der Waals surface area (Å²) < 4.78 is 0. The Morgan fingerprint density at radius 1 is 0.245 bits per heavy atom. The number of rotatable bonds is 12. The second-order valence-electron chi connectivity index (χ2n) is 34.4. The third-order valence-electron chi connectivity index (χ3n) is 19.9. The van der Waals surface area contributed by atoms with Gasteiger partial charge in [-0.1, -0.05) is 197 Å². The molecule has 18 rings (SSSR count). The maximum atomic E-state index is 6.92. The van der Waals surface area contributed by atoms with Crippen LogP contribution in [0.4, 0.5) is 0 Å². The van der Waals surface area contributed by atoms with Gasteiger partial charge >= 0.3 is 82.5 Å². The molecular weight excluding hydrogens is 1910 g/mol. The molecule has 0 spiro atoms. The van der Waals surface area contributed by atoms with E-state index in [9.17, 15) is 0 Å². The molecular formula is C129H112N5Ni5. The monoisotopic (exact) mass is 2020 g/mol. The van der Waals surface area contributed by atoms with Crippen molar-refractivity contribution >= 4 is 12.2 Å². The molecule has 0 bridgehead atoms. The second kappa shape index (κ2) is 62.4. The molecule has 0 unspecified atom stereocenters. The zero-order valence-corrected chi connectivity index (χ0v) is 85.2. The molecule has 0 fully saturated rings. The van der Waals surface area contributed by atoms with Crippen molar-refractivity contribution in [3.05, 3.63) is 547 Å². The van der Waals surface area contributed by atoms with Crippen LogP contribution in [0.15, 0.2) is 420 Å². The first-order valence-corrected chi connectivity index (χ1v) is 44.2. The summed E-state index contributed by atoms with van der Waals surface area (Å²) in [6.07, 6.45) is 20.9. The van der Waals surface area contributed by atoms with E-state index in [4.69, 9.17) is 26.2 Å². The van der Waals surface area contributed by atoms with Crippen molar-refractivity contribution in [2.24, 2.45) is 5.41 Å². The maximum Gasteiger partial charge on any atom is 3.00 e. The van der Waals surface area contributed by atoms with E-state index in [1.165, 1.54) is 16.7 Å². The van der Waals surface area contributed by atoms with Crippen LogP contribution in [0.25, 0.3) is 124 Å². The van der Waals surface area contributed by atoms with Gasteiger partial charge in [0.25, 0.3) is 0 Å². The largest absolute Gasteiger partial charge is 3.00 e. The van der Waals surface area contributed by atoms with E-state index in [1.54, 1.807) is 49.2 Å². The minimum Gasteiger partial charge on any atom is -0.521 e. The first kappa shape index (κ1) is 118. The van der Waals surface area contributed by atoms with Crippen molar-refractivity contribution in [1.82, 2.24) is 24.9 Å². The Bertz CT molecular complexity index is 5510. The fourth-order valence-electron chi connectivity index (χ4n) is 12.5. The Kier molecular flexibility index (Phi) is 53.0. The average Bonchev–Trinajstić information content (AvgIpc) is 0.803. The standard InChI is InChI=1S/5C17H11N.C16H23.C12H13.C8H7.C6H11.C2H3.5Ni/c5*1-2-7-14(8-3-1)15-9-6-10-16(13-15)17-11-4-5-12-18-17;1-8-12-9-13(15(2,3)4)11-14(10-12)16(5,6)7;1-5-10-6-8-11(9-7-10)12(2,3)4;1-2-8-6-4-3-5-7-8;1-5-6(2,3)4;1-2;;;;;/h5*1-7,9-12H;1,8-11H,2-7H3;6-9H,2-4H3;1-7H;1,5H,2-4H3;1H,2H2;;;;;/q5*-2;5*-1;5*+3. The summed E-state index contributed by atoms with van der Waals surface area (Å²) in [7, 11) is 0. The second-order valence-corrected chi connectivity index (χ2v) is 34.4. The minimum atomic E-state index is 0. The smallest absolute Gasteiger partial charge is 0.521 e. The molecule has 139 heavy (non-hydrogen) atoms. The summed E-state index contributed by atoms with van der Waals surface area (Å²) in [6, 6.07) is 157. The predicted octanol–water partition coefficient (Wildman–Crippen LogP) is 32.5. The normalized spacial score (nSPS) is 10.0. The molecule has 0 saturated carbocycles. The molecule has 703 valence electrons. The predicted molar refractivity (Wildman–Crippen MR) is 561 cm³/mol. The summed E-state index contributed by atoms with van der Waals surface area (Å²) in [6.45, 7) is 49.2. The molecule has 0 aliphatic rings. The van der Waals surface area contributed by atoms with E-state index < -0.39 is 0 Å². The number of aromatic nitrogens is 5. The first-order chi connectivity index (χ1) is 64.8. The van der Waals surface area contributed by atoms with Crippen molar-refractivity contribution < 1.29 is 82.5 Å². The van der Waals surface area contributed by atoms with E-state index in [0.717, 1.165) is 129 Å². The van der Waals surface area contributed by atoms with Gasteiger partial charge in [-0.05, 0) is 52.1 Å². The quantitative estimate of drug-likeness (QED) is 0.0693. The zero-order valence-electron chi connectivity index (χ0n) is 80.2. The van der Waals surface area contributed by atoms with Crippen LogP contribution in [0.3, 0.4) is 0 Å². The molecule has 5 nitrogen and oxygen atoms in total. The molecule has 5 heterocycles. The van der Waals surface area contributed by atoms with Crippen LogP contribution >= 0.6 is 0 Å². The molecule has 0 amide bonds. The van der Waals surface area contributed by atoms with Crippen LogP contribution in [0.1, 0.15) is 116 Å². The first-order valence-electron chi connectivity index (χ1n) is 44.2. The van der Waals surface area contributed by atoms with Gasteiger partial charge in [-0.15, -0.1) is 161 Å². The number of hydrogen-bond acceptors (Lipinski definition) is 5. The molecule has 10 heteroatoms. The van der Waals surface area contributed by atoms with Crippen molar-refractivity contribution in [1.29, 1.82) is 0 Å². The average molecular weight is 2030 g/mol. The van der Waals surface area contributed by atoms with Crippen molar-refractivity contribution in [3.8, 4) is 118 Å². The number of pyridine rings is 5. The number of nitrogens with zero attached hydrogens (tertiary/aromatic N) is 5. The fraction of sp³-hybridized carbons (Fsp3) is 0.124. The van der Waals surface area contributed by atoms with Gasteiger partial charge in [0.2, 0.25) is 0 Å². The summed E-state index contributed by atoms with van der Waals surface area (Å²) in [4.78, 5) is 21.7. The van der Waals surface area contributed by atoms with Gasteiger partial charge in [0.1, 0.15) is 0 Å². The van der Waals surface area contributed by atoms with Crippen molar-refractivity contribution in [2.45, 2.75) is 99.3 Å². The summed E-state index contributed by atoms with van der Waals surface area (Å²) in [5.74, 6) is 2.36. The zero-order chi connectivity index (χ0) is 95.8. The molecule has 5 aromatic heterocycles. The topological polar surface area (TPSA) is 64.5 Å².